The number of carbonyl (C=O) groups excluding carboxylic acids is 3. The Bertz CT molecular complexity index is 893. The molecule has 0 aliphatic carbocycles. The molecular formula is C22H29N3O4S. The van der Waals surface area contributed by atoms with E-state index in [1.165, 1.54) is 11.8 Å². The third-order valence-electron chi connectivity index (χ3n) is 4.53. The van der Waals surface area contributed by atoms with Crippen LogP contribution >= 0.6 is 11.8 Å². The van der Waals surface area contributed by atoms with Gasteiger partial charge in [0.2, 0.25) is 5.91 Å². The van der Waals surface area contributed by atoms with Gasteiger partial charge in [0.05, 0.1) is 17.6 Å². The first-order chi connectivity index (χ1) is 14.3. The second-order valence-corrected chi connectivity index (χ2v) is 8.68. The summed E-state index contributed by atoms with van der Waals surface area (Å²) in [5.41, 5.74) is 2.05. The van der Waals surface area contributed by atoms with Gasteiger partial charge in [0.15, 0.2) is 5.78 Å². The van der Waals surface area contributed by atoms with Crippen LogP contribution in [0.3, 0.4) is 0 Å². The van der Waals surface area contributed by atoms with E-state index in [0.29, 0.717) is 6.42 Å². The van der Waals surface area contributed by atoms with Crippen LogP contribution in [0.15, 0.2) is 30.5 Å². The highest BCUT2D eigenvalue weighted by Crippen LogP contribution is 2.24. The number of thioether (sulfide) groups is 1. The van der Waals surface area contributed by atoms with E-state index in [4.69, 9.17) is 10.1 Å². The highest BCUT2D eigenvalue weighted by Gasteiger charge is 2.28. The Kier molecular flexibility index (Phi) is 9.11. The fraction of sp³-hybridized carbons (Fsp3) is 0.455. The van der Waals surface area contributed by atoms with Crippen molar-refractivity contribution < 1.29 is 19.1 Å². The number of hydrogen-bond acceptors (Lipinski definition) is 6. The molecule has 0 aliphatic rings. The molecule has 8 heteroatoms. The van der Waals surface area contributed by atoms with Crippen molar-refractivity contribution in [2.45, 2.75) is 57.4 Å². The molecule has 2 aromatic rings. The molecule has 0 saturated heterocycles. The van der Waals surface area contributed by atoms with Crippen molar-refractivity contribution in [2.24, 2.45) is 0 Å². The lowest BCUT2D eigenvalue weighted by molar-refractivity contribution is -0.151. The summed E-state index contributed by atoms with van der Waals surface area (Å²) in [5, 5.41) is 10.5. The summed E-state index contributed by atoms with van der Waals surface area (Å²) in [5.74, 6) is -0.484. The Morgan fingerprint density at radius 1 is 1.27 bits per heavy atom. The first kappa shape index (κ1) is 23.7. The molecule has 1 amide bonds. The summed E-state index contributed by atoms with van der Waals surface area (Å²) in [6.45, 7) is 5.44. The number of aromatic nitrogens is 1. The highest BCUT2D eigenvalue weighted by molar-refractivity contribution is 8.00. The van der Waals surface area contributed by atoms with Crippen LogP contribution in [-0.4, -0.2) is 52.0 Å². The highest BCUT2D eigenvalue weighted by atomic mass is 32.2. The van der Waals surface area contributed by atoms with Crippen molar-refractivity contribution in [1.29, 1.82) is 5.41 Å². The van der Waals surface area contributed by atoms with Gasteiger partial charge in [0.1, 0.15) is 6.04 Å². The predicted molar refractivity (Wildman–Crippen MR) is 120 cm³/mol. The quantitative estimate of drug-likeness (QED) is 0.353. The number of ketones is 1. The second-order valence-electron chi connectivity index (χ2n) is 7.20. The van der Waals surface area contributed by atoms with E-state index < -0.39 is 17.8 Å². The molecule has 0 saturated carbocycles. The molecule has 1 aromatic carbocycles. The van der Waals surface area contributed by atoms with Crippen molar-refractivity contribution in [2.75, 3.05) is 5.75 Å². The number of carbonyl (C=O) groups is 3. The third kappa shape index (κ3) is 6.73. The van der Waals surface area contributed by atoms with Crippen LogP contribution < -0.4 is 5.32 Å². The van der Waals surface area contributed by atoms with E-state index >= 15 is 0 Å². The minimum Gasteiger partial charge on any atom is -0.461 e. The molecule has 0 unspecified atom stereocenters. The van der Waals surface area contributed by atoms with Gasteiger partial charge < -0.3 is 20.4 Å². The molecule has 30 heavy (non-hydrogen) atoms. The lowest BCUT2D eigenvalue weighted by atomic mass is 10.1. The molecule has 2 rings (SSSR count). The number of hydrogen-bond donors (Lipinski definition) is 3. The molecule has 3 N–H and O–H groups in total. The Hall–Kier alpha value is -2.61. The van der Waals surface area contributed by atoms with Crippen molar-refractivity contribution in [1.82, 2.24) is 10.3 Å². The van der Waals surface area contributed by atoms with Gasteiger partial charge in [0, 0.05) is 23.5 Å². The lowest BCUT2D eigenvalue weighted by Crippen LogP contribution is -2.46. The number of para-hydroxylation sites is 1. The first-order valence-electron chi connectivity index (χ1n) is 10.1. The zero-order valence-corrected chi connectivity index (χ0v) is 18.4. The van der Waals surface area contributed by atoms with E-state index in [9.17, 15) is 14.4 Å². The average molecular weight is 432 g/mol. The molecule has 162 valence electrons. The third-order valence-corrected chi connectivity index (χ3v) is 5.65. The Morgan fingerprint density at radius 3 is 2.67 bits per heavy atom. The molecule has 0 spiro atoms. The largest absolute Gasteiger partial charge is 0.461 e. The van der Waals surface area contributed by atoms with Crippen LogP contribution in [0.1, 0.15) is 39.2 Å². The van der Waals surface area contributed by atoms with E-state index in [2.05, 4.69) is 10.3 Å². The molecule has 0 bridgehead atoms. The lowest BCUT2D eigenvalue weighted by Gasteiger charge is -2.22. The summed E-state index contributed by atoms with van der Waals surface area (Å²) in [4.78, 5) is 40.2. The van der Waals surface area contributed by atoms with Crippen molar-refractivity contribution >= 4 is 46.5 Å². The minimum absolute atomic E-state index is 0.00429. The van der Waals surface area contributed by atoms with E-state index in [1.807, 2.05) is 37.4 Å². The smallest absolute Gasteiger partial charge is 0.328 e. The summed E-state index contributed by atoms with van der Waals surface area (Å²) >= 11 is 1.51. The molecule has 0 radical (unpaired) electrons. The maximum atomic E-state index is 13.0. The molecule has 1 aromatic heterocycles. The van der Waals surface area contributed by atoms with Gasteiger partial charge in [-0.1, -0.05) is 25.1 Å². The van der Waals surface area contributed by atoms with Crippen LogP contribution in [0.2, 0.25) is 0 Å². The van der Waals surface area contributed by atoms with Crippen LogP contribution in [0.25, 0.3) is 10.9 Å². The molecule has 0 fully saturated rings. The minimum atomic E-state index is -0.924. The topological polar surface area (TPSA) is 112 Å². The number of ether oxygens (including phenoxy) is 1. The van der Waals surface area contributed by atoms with Gasteiger partial charge in [-0.2, -0.15) is 0 Å². The van der Waals surface area contributed by atoms with E-state index in [0.717, 1.165) is 28.4 Å². The number of Topliss-reactive ketones (excluding diaryl/α,β-unsaturated/α-hetero) is 1. The van der Waals surface area contributed by atoms with Gasteiger partial charge in [-0.3, -0.25) is 9.59 Å². The summed E-state index contributed by atoms with van der Waals surface area (Å²) < 4.78 is 5.25. The normalized spacial score (nSPS) is 13.1. The zero-order chi connectivity index (χ0) is 22.1. The van der Waals surface area contributed by atoms with Gasteiger partial charge >= 0.3 is 5.97 Å². The maximum absolute atomic E-state index is 13.0. The number of amides is 1. The number of benzene rings is 1. The molecule has 7 nitrogen and oxygen atoms in total. The van der Waals surface area contributed by atoms with E-state index in [-0.39, 0.29) is 30.1 Å². The Morgan fingerprint density at radius 2 is 2.00 bits per heavy atom. The number of fused-ring (bicyclic) bond motifs is 1. The van der Waals surface area contributed by atoms with Crippen LogP contribution in [-0.2, 0) is 25.5 Å². The molecule has 0 aliphatic heterocycles. The van der Waals surface area contributed by atoms with Gasteiger partial charge in [-0.15, -0.1) is 11.8 Å². The number of esters is 1. The number of H-pyrrole nitrogens is 1. The molecular weight excluding hydrogens is 402 g/mol. The number of rotatable bonds is 12. The van der Waals surface area contributed by atoms with Crippen LogP contribution in [0.5, 0.6) is 0 Å². The molecule has 2 atom stereocenters. The van der Waals surface area contributed by atoms with Crippen molar-refractivity contribution in [3.8, 4) is 0 Å². The van der Waals surface area contributed by atoms with Crippen LogP contribution in [0.4, 0.5) is 0 Å². The standard InChI is InChI=1S/C22H29N3O4S/c1-4-30-20(11-15-13-24-18-8-6-5-7-17(15)18)21(27)25-19(10-9-16(26)12-23)22(28)29-14(2)3/h5-8,12-14,19-20,23-24H,4,9-11H2,1-3H3,(H,25,27)/t19-,20-/m0/s1. The maximum Gasteiger partial charge on any atom is 0.328 e. The summed E-state index contributed by atoms with van der Waals surface area (Å²) in [7, 11) is 0. The molecule has 1 heterocycles. The summed E-state index contributed by atoms with van der Waals surface area (Å²) in [6.07, 6.45) is 2.91. The average Bonchev–Trinajstić information content (AvgIpc) is 3.12. The first-order valence-corrected chi connectivity index (χ1v) is 11.1. The van der Waals surface area contributed by atoms with Crippen molar-refractivity contribution in [3.63, 3.8) is 0 Å². The van der Waals surface area contributed by atoms with Crippen LogP contribution in [0, 0.1) is 5.41 Å². The fourth-order valence-electron chi connectivity index (χ4n) is 3.12. The van der Waals surface area contributed by atoms with Gasteiger partial charge in [-0.25, -0.2) is 4.79 Å². The van der Waals surface area contributed by atoms with E-state index in [1.54, 1.807) is 13.8 Å². The second kappa shape index (κ2) is 11.5. The van der Waals surface area contributed by atoms with Gasteiger partial charge in [0.25, 0.3) is 0 Å². The zero-order valence-electron chi connectivity index (χ0n) is 17.6. The fourth-order valence-corrected chi connectivity index (χ4v) is 4.03. The Labute approximate surface area is 180 Å². The Balaban J connectivity index is 2.14. The SMILES string of the molecule is CCS[C@@H](Cc1c[nH]c2ccccc12)C(=O)N[C@@H](CCC(=O)C=N)C(=O)OC(C)C. The number of aromatic amines is 1. The van der Waals surface area contributed by atoms with Crippen molar-refractivity contribution in [3.05, 3.63) is 36.0 Å². The predicted octanol–water partition coefficient (Wildman–Crippen LogP) is 3.27. The van der Waals surface area contributed by atoms with Gasteiger partial charge in [-0.05, 0) is 44.1 Å². The summed E-state index contributed by atoms with van der Waals surface area (Å²) in [6, 6.07) is 6.98. The monoisotopic (exact) mass is 431 g/mol. The number of nitrogens with one attached hydrogen (secondary N) is 3.